The highest BCUT2D eigenvalue weighted by Gasteiger charge is 2.41. The Morgan fingerprint density at radius 3 is 3.05 bits per heavy atom. The first-order valence-electron chi connectivity index (χ1n) is 7.15. The molecular weight excluding hydrogens is 337 g/mol. The summed E-state index contributed by atoms with van der Waals surface area (Å²) in [6, 6.07) is 5.09. The van der Waals surface area contributed by atoms with Crippen LogP contribution in [-0.2, 0) is 10.3 Å². The van der Waals surface area contributed by atoms with E-state index >= 15 is 0 Å². The first kappa shape index (κ1) is 14.8. The Hall–Kier alpha value is -1.14. The summed E-state index contributed by atoms with van der Waals surface area (Å²) in [7, 11) is 0. The minimum absolute atomic E-state index is 0.195. The molecule has 3 rings (SSSR count). The lowest BCUT2D eigenvalue weighted by Gasteiger charge is -2.38. The molecule has 2 N–H and O–H groups in total. The second kappa shape index (κ2) is 5.57. The zero-order valence-corrected chi connectivity index (χ0v) is 13.6. The van der Waals surface area contributed by atoms with Crippen LogP contribution in [0.25, 0.3) is 0 Å². The van der Waals surface area contributed by atoms with Crippen molar-refractivity contribution in [3.05, 3.63) is 34.1 Å². The van der Waals surface area contributed by atoms with Crippen LogP contribution >= 0.6 is 15.9 Å². The zero-order valence-electron chi connectivity index (χ0n) is 12.0. The van der Waals surface area contributed by atoms with Crippen LogP contribution in [-0.4, -0.2) is 36.7 Å². The number of hydrogen-bond donors (Lipinski definition) is 1. The minimum Gasteiger partial charge on any atom is -0.376 e. The lowest BCUT2D eigenvalue weighted by atomic mass is 9.90. The topological polar surface area (TPSA) is 50.8 Å². The van der Waals surface area contributed by atoms with Crippen molar-refractivity contribution in [2.24, 2.45) is 10.7 Å². The average Bonchev–Trinajstić information content (AvgIpc) is 3.06. The number of rotatable bonds is 3. The lowest BCUT2D eigenvalue weighted by molar-refractivity contribution is 0.0690. The normalized spacial score (nSPS) is 29.0. The third kappa shape index (κ3) is 2.66. The summed E-state index contributed by atoms with van der Waals surface area (Å²) < 4.78 is 19.7. The molecular formula is C15H19BrFN3O. The number of guanidine groups is 1. The van der Waals surface area contributed by atoms with Crippen LogP contribution in [0.3, 0.4) is 0 Å². The van der Waals surface area contributed by atoms with Crippen molar-refractivity contribution in [2.45, 2.75) is 31.4 Å². The SMILES string of the molecule is CC1(c2ccc(F)c(Br)c2)CN=C(N)N1CC1CCCO1. The molecule has 1 fully saturated rings. The molecule has 0 aromatic heterocycles. The fourth-order valence-electron chi connectivity index (χ4n) is 3.02. The fraction of sp³-hybridized carbons (Fsp3) is 0.533. The van der Waals surface area contributed by atoms with E-state index in [4.69, 9.17) is 10.5 Å². The van der Waals surface area contributed by atoms with Crippen molar-refractivity contribution >= 4 is 21.9 Å². The molecule has 6 heteroatoms. The maximum absolute atomic E-state index is 13.5. The number of hydrogen-bond acceptors (Lipinski definition) is 4. The molecule has 0 spiro atoms. The van der Waals surface area contributed by atoms with Gasteiger partial charge in [0.2, 0.25) is 0 Å². The molecule has 4 nitrogen and oxygen atoms in total. The second-order valence-corrected chi connectivity index (χ2v) is 6.68. The Labute approximate surface area is 132 Å². The monoisotopic (exact) mass is 355 g/mol. The average molecular weight is 356 g/mol. The van der Waals surface area contributed by atoms with Crippen molar-refractivity contribution in [3.63, 3.8) is 0 Å². The van der Waals surface area contributed by atoms with Crippen LogP contribution in [0, 0.1) is 5.82 Å². The molecule has 0 radical (unpaired) electrons. The number of aliphatic imine (C=N–C) groups is 1. The number of ether oxygens (including phenoxy) is 1. The third-order valence-electron chi connectivity index (χ3n) is 4.37. The zero-order chi connectivity index (χ0) is 15.0. The van der Waals surface area contributed by atoms with Gasteiger partial charge in [-0.25, -0.2) is 4.39 Å². The van der Waals surface area contributed by atoms with Crippen LogP contribution < -0.4 is 5.73 Å². The summed E-state index contributed by atoms with van der Waals surface area (Å²) in [5.74, 6) is 0.272. The van der Waals surface area contributed by atoms with Gasteiger partial charge in [0, 0.05) is 13.2 Å². The summed E-state index contributed by atoms with van der Waals surface area (Å²) in [6.45, 7) is 4.20. The van der Waals surface area contributed by atoms with Gasteiger partial charge in [-0.1, -0.05) is 6.07 Å². The van der Waals surface area contributed by atoms with E-state index in [0.29, 0.717) is 17.0 Å². The number of benzene rings is 1. The third-order valence-corrected chi connectivity index (χ3v) is 4.98. The van der Waals surface area contributed by atoms with Crippen molar-refractivity contribution in [1.82, 2.24) is 4.90 Å². The van der Waals surface area contributed by atoms with Gasteiger partial charge in [0.1, 0.15) is 5.82 Å². The van der Waals surface area contributed by atoms with E-state index in [1.807, 2.05) is 6.07 Å². The van der Waals surface area contributed by atoms with E-state index in [-0.39, 0.29) is 17.5 Å². The molecule has 0 bridgehead atoms. The molecule has 1 saturated heterocycles. The molecule has 1 aromatic carbocycles. The highest BCUT2D eigenvalue weighted by atomic mass is 79.9. The fourth-order valence-corrected chi connectivity index (χ4v) is 3.40. The van der Waals surface area contributed by atoms with Crippen LogP contribution in [0.2, 0.25) is 0 Å². The van der Waals surface area contributed by atoms with Gasteiger partial charge in [-0.3, -0.25) is 4.99 Å². The predicted molar refractivity (Wildman–Crippen MR) is 83.6 cm³/mol. The lowest BCUT2D eigenvalue weighted by Crippen LogP contribution is -2.50. The summed E-state index contributed by atoms with van der Waals surface area (Å²) in [5.41, 5.74) is 6.72. The molecule has 2 aliphatic rings. The van der Waals surface area contributed by atoms with Gasteiger partial charge in [0.15, 0.2) is 5.96 Å². The molecule has 114 valence electrons. The molecule has 0 saturated carbocycles. The first-order valence-corrected chi connectivity index (χ1v) is 7.95. The smallest absolute Gasteiger partial charge is 0.192 e. The second-order valence-electron chi connectivity index (χ2n) is 5.82. The Kier molecular flexibility index (Phi) is 3.92. The summed E-state index contributed by atoms with van der Waals surface area (Å²) in [4.78, 5) is 6.48. The summed E-state index contributed by atoms with van der Waals surface area (Å²) in [6.07, 6.45) is 2.33. The molecule has 1 aromatic rings. The molecule has 21 heavy (non-hydrogen) atoms. The largest absolute Gasteiger partial charge is 0.376 e. The van der Waals surface area contributed by atoms with Gasteiger partial charge in [-0.15, -0.1) is 0 Å². The van der Waals surface area contributed by atoms with E-state index in [2.05, 4.69) is 32.7 Å². The van der Waals surface area contributed by atoms with E-state index < -0.39 is 0 Å². The summed E-state index contributed by atoms with van der Waals surface area (Å²) >= 11 is 3.25. The maximum Gasteiger partial charge on any atom is 0.192 e. The number of nitrogens with zero attached hydrogens (tertiary/aromatic N) is 2. The Balaban J connectivity index is 1.88. The quantitative estimate of drug-likeness (QED) is 0.906. The van der Waals surface area contributed by atoms with Crippen molar-refractivity contribution in [1.29, 1.82) is 0 Å². The number of nitrogens with two attached hydrogens (primary N) is 1. The molecule has 2 unspecified atom stereocenters. The van der Waals surface area contributed by atoms with Crippen molar-refractivity contribution < 1.29 is 9.13 Å². The molecule has 2 aliphatic heterocycles. The van der Waals surface area contributed by atoms with Crippen molar-refractivity contribution in [2.75, 3.05) is 19.7 Å². The standard InChI is InChI=1S/C15H19BrFN3O/c1-15(10-4-5-13(17)12(16)7-10)9-19-14(18)20(15)8-11-3-2-6-21-11/h4-5,7,11H,2-3,6,8-9H2,1H3,(H2,18,19). The molecule has 2 atom stereocenters. The minimum atomic E-state index is -0.355. The van der Waals surface area contributed by atoms with E-state index in [1.165, 1.54) is 6.07 Å². The van der Waals surface area contributed by atoms with Gasteiger partial charge in [-0.2, -0.15) is 0 Å². The predicted octanol–water partition coefficient (Wildman–Crippen LogP) is 2.61. The summed E-state index contributed by atoms with van der Waals surface area (Å²) in [5, 5.41) is 0. The van der Waals surface area contributed by atoms with E-state index in [1.54, 1.807) is 6.07 Å². The Morgan fingerprint density at radius 2 is 2.38 bits per heavy atom. The Bertz CT molecular complexity index is 574. The van der Waals surface area contributed by atoms with Gasteiger partial charge in [-0.05, 0) is 53.4 Å². The van der Waals surface area contributed by atoms with Crippen LogP contribution in [0.1, 0.15) is 25.3 Å². The van der Waals surface area contributed by atoms with Gasteiger partial charge in [0.05, 0.1) is 22.7 Å². The van der Waals surface area contributed by atoms with E-state index in [9.17, 15) is 4.39 Å². The number of halogens is 2. The van der Waals surface area contributed by atoms with Crippen molar-refractivity contribution in [3.8, 4) is 0 Å². The maximum atomic E-state index is 13.5. The van der Waals surface area contributed by atoms with Crippen LogP contribution in [0.4, 0.5) is 4.39 Å². The van der Waals surface area contributed by atoms with Crippen LogP contribution in [0.5, 0.6) is 0 Å². The molecule has 2 heterocycles. The van der Waals surface area contributed by atoms with Gasteiger partial charge >= 0.3 is 0 Å². The van der Waals surface area contributed by atoms with E-state index in [0.717, 1.165) is 31.6 Å². The molecule has 0 amide bonds. The highest BCUT2D eigenvalue weighted by Crippen LogP contribution is 2.35. The Morgan fingerprint density at radius 1 is 1.57 bits per heavy atom. The highest BCUT2D eigenvalue weighted by molar-refractivity contribution is 9.10. The molecule has 0 aliphatic carbocycles. The van der Waals surface area contributed by atoms with Gasteiger partial charge < -0.3 is 15.4 Å². The first-order chi connectivity index (χ1) is 10.0. The van der Waals surface area contributed by atoms with Crippen LogP contribution in [0.15, 0.2) is 27.7 Å². The van der Waals surface area contributed by atoms with Gasteiger partial charge in [0.25, 0.3) is 0 Å².